The van der Waals surface area contributed by atoms with Crippen molar-refractivity contribution >= 4 is 34.9 Å². The Labute approximate surface area is 247 Å². The zero-order chi connectivity index (χ0) is 29.5. The van der Waals surface area contributed by atoms with E-state index in [-0.39, 0.29) is 16.3 Å². The lowest BCUT2D eigenvalue weighted by atomic mass is 10.0. The quantitative estimate of drug-likeness (QED) is 0.0715. The molecule has 0 aliphatic rings. The first-order chi connectivity index (χ1) is 19.9. The second kappa shape index (κ2) is 17.2. The predicted octanol–water partition coefficient (Wildman–Crippen LogP) is 7.69. The molecule has 3 rings (SSSR count). The predicted molar refractivity (Wildman–Crippen MR) is 161 cm³/mol. The number of aromatic nitrogens is 2. The van der Waals surface area contributed by atoms with Crippen molar-refractivity contribution in [3.05, 3.63) is 77.1 Å². The molecule has 0 fully saturated rings. The number of benzene rings is 2. The molecule has 1 unspecified atom stereocenters. The lowest BCUT2D eigenvalue weighted by molar-refractivity contribution is -0.118. The maximum absolute atomic E-state index is 13.4. The summed E-state index contributed by atoms with van der Waals surface area (Å²) < 4.78 is 11.9. The summed E-state index contributed by atoms with van der Waals surface area (Å²) >= 11 is 6.34. The number of Topliss-reactive ketones (excluding diaryl/α,β-unsaturated/α-hetero) is 1. The van der Waals surface area contributed by atoms with Crippen LogP contribution in [0.2, 0.25) is 5.02 Å². The highest BCUT2D eigenvalue weighted by Crippen LogP contribution is 2.26. The summed E-state index contributed by atoms with van der Waals surface area (Å²) in [6.07, 6.45) is 15.0. The Morgan fingerprint density at radius 1 is 0.902 bits per heavy atom. The minimum Gasteiger partial charge on any atom is -0.497 e. The number of anilines is 1. The highest BCUT2D eigenvalue weighted by molar-refractivity contribution is 6.34. The van der Waals surface area contributed by atoms with Gasteiger partial charge in [-0.3, -0.25) is 14.3 Å². The normalized spacial score (nSPS) is 11.6. The number of carbonyl (C=O) groups is 3. The van der Waals surface area contributed by atoms with Gasteiger partial charge in [0, 0.05) is 18.0 Å². The van der Waals surface area contributed by atoms with E-state index in [1.165, 1.54) is 81.3 Å². The van der Waals surface area contributed by atoms with Crippen LogP contribution in [0.3, 0.4) is 0 Å². The number of hydrogen-bond donors (Lipinski definition) is 1. The van der Waals surface area contributed by atoms with Crippen molar-refractivity contribution in [1.82, 2.24) is 9.78 Å². The first-order valence-electron chi connectivity index (χ1n) is 14.4. The van der Waals surface area contributed by atoms with E-state index in [9.17, 15) is 14.4 Å². The van der Waals surface area contributed by atoms with Gasteiger partial charge in [-0.05, 0) is 55.0 Å². The summed E-state index contributed by atoms with van der Waals surface area (Å²) in [6.45, 7) is 2.56. The van der Waals surface area contributed by atoms with Crippen molar-refractivity contribution in [1.29, 1.82) is 0 Å². The molecule has 0 bridgehead atoms. The smallest absolute Gasteiger partial charge is 0.338 e. The van der Waals surface area contributed by atoms with Crippen molar-refractivity contribution in [2.75, 3.05) is 19.0 Å². The molecule has 0 aliphatic heterocycles. The molecule has 1 N–H and O–H groups in total. The van der Waals surface area contributed by atoms with E-state index in [0.29, 0.717) is 17.9 Å². The molecule has 41 heavy (non-hydrogen) atoms. The largest absolute Gasteiger partial charge is 0.497 e. The number of ketones is 1. The third kappa shape index (κ3) is 10.0. The summed E-state index contributed by atoms with van der Waals surface area (Å²) in [5.41, 5.74) is 0.774. The molecule has 220 valence electrons. The number of amides is 1. The fourth-order valence-corrected chi connectivity index (χ4v) is 4.66. The Morgan fingerprint density at radius 3 is 2.15 bits per heavy atom. The van der Waals surface area contributed by atoms with E-state index < -0.39 is 23.7 Å². The van der Waals surface area contributed by atoms with Gasteiger partial charge in [0.15, 0.2) is 11.8 Å². The van der Waals surface area contributed by atoms with Crippen molar-refractivity contribution in [3.63, 3.8) is 0 Å². The standard InChI is InChI=1S/C32H40ClN3O5/c1-3-4-5-6-7-8-9-10-11-12-22-41-32(39)25-16-19-27(33)28(23-25)35-31(38)29(36-21-13-20-34-36)30(37)24-14-17-26(40-2)18-15-24/h13-21,23,29H,3-12,22H2,1-2H3,(H,35,38). The third-order valence-electron chi connectivity index (χ3n) is 6.85. The van der Waals surface area contributed by atoms with Gasteiger partial charge < -0.3 is 14.8 Å². The van der Waals surface area contributed by atoms with E-state index in [1.807, 2.05) is 0 Å². The Morgan fingerprint density at radius 2 is 1.54 bits per heavy atom. The van der Waals surface area contributed by atoms with Crippen LogP contribution in [0, 0.1) is 0 Å². The number of carbonyl (C=O) groups excluding carboxylic acids is 3. The van der Waals surface area contributed by atoms with Crippen LogP contribution >= 0.6 is 11.6 Å². The Hall–Kier alpha value is -3.65. The molecular weight excluding hydrogens is 542 g/mol. The molecule has 8 nitrogen and oxygen atoms in total. The molecule has 1 amide bonds. The van der Waals surface area contributed by atoms with E-state index in [1.54, 1.807) is 36.4 Å². The molecule has 0 saturated heterocycles. The summed E-state index contributed by atoms with van der Waals surface area (Å²) in [5, 5.41) is 7.03. The van der Waals surface area contributed by atoms with Gasteiger partial charge in [-0.25, -0.2) is 4.79 Å². The number of nitrogens with one attached hydrogen (secondary N) is 1. The van der Waals surface area contributed by atoms with Crippen molar-refractivity contribution < 1.29 is 23.9 Å². The van der Waals surface area contributed by atoms with Gasteiger partial charge >= 0.3 is 5.97 Å². The molecule has 0 saturated carbocycles. The summed E-state index contributed by atoms with van der Waals surface area (Å²) in [4.78, 5) is 39.4. The van der Waals surface area contributed by atoms with Gasteiger partial charge in [-0.1, -0.05) is 76.3 Å². The third-order valence-corrected chi connectivity index (χ3v) is 7.18. The average molecular weight is 582 g/mol. The monoisotopic (exact) mass is 581 g/mol. The maximum Gasteiger partial charge on any atom is 0.338 e. The molecule has 0 radical (unpaired) electrons. The van der Waals surface area contributed by atoms with Gasteiger partial charge in [0.25, 0.3) is 5.91 Å². The van der Waals surface area contributed by atoms with Gasteiger partial charge in [-0.2, -0.15) is 5.10 Å². The van der Waals surface area contributed by atoms with Crippen LogP contribution in [0.25, 0.3) is 0 Å². The van der Waals surface area contributed by atoms with Gasteiger partial charge in [0.1, 0.15) is 5.75 Å². The first-order valence-corrected chi connectivity index (χ1v) is 14.8. The maximum atomic E-state index is 13.4. The van der Waals surface area contributed by atoms with Crippen molar-refractivity contribution in [2.24, 2.45) is 0 Å². The molecule has 1 heterocycles. The highest BCUT2D eigenvalue weighted by atomic mass is 35.5. The van der Waals surface area contributed by atoms with Crippen LogP contribution in [0.15, 0.2) is 60.9 Å². The van der Waals surface area contributed by atoms with E-state index in [2.05, 4.69) is 17.3 Å². The summed E-state index contributed by atoms with van der Waals surface area (Å²) in [6, 6.07) is 11.3. The summed E-state index contributed by atoms with van der Waals surface area (Å²) in [7, 11) is 1.53. The molecule has 9 heteroatoms. The lowest BCUT2D eigenvalue weighted by Crippen LogP contribution is -2.33. The fourth-order valence-electron chi connectivity index (χ4n) is 4.49. The molecule has 3 aromatic rings. The summed E-state index contributed by atoms with van der Waals surface area (Å²) in [5.74, 6) is -1.01. The minimum atomic E-state index is -1.29. The number of hydrogen-bond acceptors (Lipinski definition) is 6. The number of ether oxygens (including phenoxy) is 2. The van der Waals surface area contributed by atoms with E-state index in [4.69, 9.17) is 21.1 Å². The molecule has 1 aromatic heterocycles. The Kier molecular flexibility index (Phi) is 13.4. The Bertz CT molecular complexity index is 1240. The number of nitrogens with zero attached hydrogens (tertiary/aromatic N) is 2. The topological polar surface area (TPSA) is 99.5 Å². The van der Waals surface area contributed by atoms with Crippen LogP contribution in [0.5, 0.6) is 5.75 Å². The van der Waals surface area contributed by atoms with Crippen LogP contribution in [-0.4, -0.2) is 41.2 Å². The molecule has 1 atom stereocenters. The second-order valence-electron chi connectivity index (χ2n) is 9.98. The molecule has 0 aliphatic carbocycles. The van der Waals surface area contributed by atoms with Crippen LogP contribution in [0.4, 0.5) is 5.69 Å². The van der Waals surface area contributed by atoms with Gasteiger partial charge in [0.05, 0.1) is 30.0 Å². The zero-order valence-electron chi connectivity index (χ0n) is 23.9. The van der Waals surface area contributed by atoms with Crippen LogP contribution in [-0.2, 0) is 9.53 Å². The Balaban J connectivity index is 1.55. The zero-order valence-corrected chi connectivity index (χ0v) is 24.7. The number of rotatable bonds is 18. The van der Waals surface area contributed by atoms with Crippen LogP contribution in [0.1, 0.15) is 97.9 Å². The van der Waals surface area contributed by atoms with E-state index >= 15 is 0 Å². The molecule has 2 aromatic carbocycles. The van der Waals surface area contributed by atoms with Gasteiger partial charge in [-0.15, -0.1) is 0 Å². The second-order valence-corrected chi connectivity index (χ2v) is 10.4. The van der Waals surface area contributed by atoms with Crippen molar-refractivity contribution in [3.8, 4) is 5.75 Å². The van der Waals surface area contributed by atoms with Gasteiger partial charge in [0.2, 0.25) is 0 Å². The number of halogens is 1. The van der Waals surface area contributed by atoms with E-state index in [0.717, 1.165) is 19.3 Å². The van der Waals surface area contributed by atoms with Crippen molar-refractivity contribution in [2.45, 2.75) is 77.2 Å². The SMILES string of the molecule is CCCCCCCCCCCCOC(=O)c1ccc(Cl)c(NC(=O)C(C(=O)c2ccc(OC)cc2)n2cccn2)c1. The lowest BCUT2D eigenvalue weighted by Gasteiger charge is -2.17. The minimum absolute atomic E-state index is 0.199. The number of methoxy groups -OCH3 is 1. The number of esters is 1. The molecular formula is C32H40ClN3O5. The highest BCUT2D eigenvalue weighted by Gasteiger charge is 2.30. The number of unbranched alkanes of at least 4 members (excludes halogenated alkanes) is 9. The first kappa shape index (κ1) is 31.9. The fraction of sp³-hybridized carbons (Fsp3) is 0.438. The average Bonchev–Trinajstić information content (AvgIpc) is 3.51. The van der Waals surface area contributed by atoms with Crippen LogP contribution < -0.4 is 10.1 Å². The molecule has 0 spiro atoms.